The lowest BCUT2D eigenvalue weighted by molar-refractivity contribution is 0.784. The van der Waals surface area contributed by atoms with Crippen molar-refractivity contribution in [2.75, 3.05) is 0 Å². The Balaban J connectivity index is 3.90. The molecule has 1 nitrogen and oxygen atoms in total. The molecule has 1 heteroatoms. The number of allylic oxidation sites excluding steroid dienone is 4. The summed E-state index contributed by atoms with van der Waals surface area (Å²) in [7, 11) is 0. The second kappa shape index (κ2) is 8.34. The van der Waals surface area contributed by atoms with Gasteiger partial charge in [0.05, 0.1) is 0 Å². The van der Waals surface area contributed by atoms with E-state index in [9.17, 15) is 0 Å². The molecule has 0 aromatic carbocycles. The van der Waals surface area contributed by atoms with Crippen molar-refractivity contribution in [1.29, 1.82) is 0 Å². The fraction of sp³-hybridized carbons (Fsp3) is 0.571. The topological polar surface area (TPSA) is 12.0 Å². The molecule has 0 aliphatic heterocycles. The molecule has 0 fully saturated rings. The molecule has 1 N–H and O–H groups in total. The molecule has 0 rings (SSSR count). The summed E-state index contributed by atoms with van der Waals surface area (Å²) in [6, 6.07) is 0. The maximum atomic E-state index is 3.79. The number of nitrogens with one attached hydrogen (secondary N) is 1. The molecule has 0 heterocycles. The van der Waals surface area contributed by atoms with Gasteiger partial charge in [0.1, 0.15) is 0 Å². The van der Waals surface area contributed by atoms with Gasteiger partial charge in [-0.25, -0.2) is 0 Å². The zero-order valence-electron chi connectivity index (χ0n) is 10.7. The SMILES string of the molecule is C=C(C)N/C=C(\C)C/C=C(\C)CCCC. The van der Waals surface area contributed by atoms with Crippen LogP contribution >= 0.6 is 0 Å². The molecule has 0 saturated heterocycles. The largest absolute Gasteiger partial charge is 0.366 e. The summed E-state index contributed by atoms with van der Waals surface area (Å²) in [5, 5.41) is 3.13. The third kappa shape index (κ3) is 9.33. The van der Waals surface area contributed by atoms with Crippen LogP contribution in [0, 0.1) is 0 Å². The van der Waals surface area contributed by atoms with Crippen LogP contribution in [0.4, 0.5) is 0 Å². The number of rotatable bonds is 7. The van der Waals surface area contributed by atoms with Gasteiger partial charge in [-0.15, -0.1) is 0 Å². The third-order valence-electron chi connectivity index (χ3n) is 2.26. The van der Waals surface area contributed by atoms with E-state index in [0.29, 0.717) is 0 Å². The predicted octanol–water partition coefficient (Wildman–Crippen LogP) is 4.54. The number of hydrogen-bond donors (Lipinski definition) is 1. The van der Waals surface area contributed by atoms with Gasteiger partial charge in [-0.2, -0.15) is 0 Å². The lowest BCUT2D eigenvalue weighted by Gasteiger charge is -2.02. The Morgan fingerprint density at radius 3 is 2.40 bits per heavy atom. The van der Waals surface area contributed by atoms with Crippen molar-refractivity contribution in [3.8, 4) is 0 Å². The van der Waals surface area contributed by atoms with Gasteiger partial charge < -0.3 is 5.32 Å². The molecule has 0 aromatic rings. The molecule has 0 aromatic heterocycles. The second-order valence-electron chi connectivity index (χ2n) is 4.27. The average molecular weight is 207 g/mol. The van der Waals surface area contributed by atoms with Crippen LogP contribution < -0.4 is 5.32 Å². The molecule has 0 unspecified atom stereocenters. The van der Waals surface area contributed by atoms with Gasteiger partial charge in [0.25, 0.3) is 0 Å². The normalized spacial score (nSPS) is 12.8. The van der Waals surface area contributed by atoms with Crippen LogP contribution in [0.2, 0.25) is 0 Å². The minimum absolute atomic E-state index is 0.987. The first-order chi connectivity index (χ1) is 7.06. The van der Waals surface area contributed by atoms with Gasteiger partial charge in [-0.05, 0) is 46.2 Å². The van der Waals surface area contributed by atoms with Gasteiger partial charge in [-0.3, -0.25) is 0 Å². The van der Waals surface area contributed by atoms with Crippen molar-refractivity contribution >= 4 is 0 Å². The Bertz CT molecular complexity index is 246. The summed E-state index contributed by atoms with van der Waals surface area (Å²) < 4.78 is 0. The van der Waals surface area contributed by atoms with Gasteiger partial charge in [-0.1, -0.05) is 37.1 Å². The Hall–Kier alpha value is -0.980. The Morgan fingerprint density at radius 2 is 1.87 bits per heavy atom. The lowest BCUT2D eigenvalue weighted by Crippen LogP contribution is -2.00. The molecule has 0 spiro atoms. The van der Waals surface area contributed by atoms with Crippen molar-refractivity contribution in [1.82, 2.24) is 5.32 Å². The van der Waals surface area contributed by atoms with Gasteiger partial charge >= 0.3 is 0 Å². The summed E-state index contributed by atoms with van der Waals surface area (Å²) in [5.41, 5.74) is 3.83. The Morgan fingerprint density at radius 1 is 1.20 bits per heavy atom. The van der Waals surface area contributed by atoms with E-state index in [1.165, 1.54) is 30.4 Å². The molecule has 0 radical (unpaired) electrons. The molecule has 0 bridgehead atoms. The monoisotopic (exact) mass is 207 g/mol. The highest BCUT2D eigenvalue weighted by molar-refractivity contribution is 5.10. The predicted molar refractivity (Wildman–Crippen MR) is 69.6 cm³/mol. The Kier molecular flexibility index (Phi) is 7.79. The molecule has 0 aliphatic rings. The summed E-state index contributed by atoms with van der Waals surface area (Å²) in [4.78, 5) is 0. The van der Waals surface area contributed by atoms with Crippen LogP contribution in [0.5, 0.6) is 0 Å². The van der Waals surface area contributed by atoms with E-state index in [1.54, 1.807) is 0 Å². The van der Waals surface area contributed by atoms with Crippen LogP contribution in [-0.4, -0.2) is 0 Å². The zero-order chi connectivity index (χ0) is 11.7. The first kappa shape index (κ1) is 14.0. The third-order valence-corrected chi connectivity index (χ3v) is 2.26. The molecular weight excluding hydrogens is 182 g/mol. The van der Waals surface area contributed by atoms with Gasteiger partial charge in [0, 0.05) is 5.70 Å². The van der Waals surface area contributed by atoms with Crippen LogP contribution in [-0.2, 0) is 0 Å². The molecular formula is C14H25N. The van der Waals surface area contributed by atoms with Crippen LogP contribution in [0.3, 0.4) is 0 Å². The van der Waals surface area contributed by atoms with Gasteiger partial charge in [0.2, 0.25) is 0 Å². The fourth-order valence-corrected chi connectivity index (χ4v) is 1.20. The summed E-state index contributed by atoms with van der Waals surface area (Å²) >= 11 is 0. The Labute approximate surface area is 95.0 Å². The molecule has 0 aliphatic carbocycles. The van der Waals surface area contributed by atoms with E-state index < -0.39 is 0 Å². The summed E-state index contributed by atoms with van der Waals surface area (Å²) in [6.45, 7) is 12.3. The van der Waals surface area contributed by atoms with E-state index >= 15 is 0 Å². The standard InChI is InChI=1S/C14H25N/c1-6-7-8-13(4)9-10-14(5)11-15-12(2)3/h9,11,15H,2,6-8,10H2,1,3-5H3/b13-9+,14-11+. The van der Waals surface area contributed by atoms with Crippen LogP contribution in [0.25, 0.3) is 0 Å². The van der Waals surface area contributed by atoms with E-state index in [2.05, 4.69) is 38.7 Å². The fourth-order valence-electron chi connectivity index (χ4n) is 1.20. The highest BCUT2D eigenvalue weighted by atomic mass is 14.8. The molecule has 0 saturated carbocycles. The van der Waals surface area contributed by atoms with Crippen LogP contribution in [0.1, 0.15) is 53.4 Å². The van der Waals surface area contributed by atoms with Crippen molar-refractivity contribution in [2.24, 2.45) is 0 Å². The van der Waals surface area contributed by atoms with Crippen molar-refractivity contribution in [3.05, 3.63) is 35.7 Å². The van der Waals surface area contributed by atoms with E-state index in [-0.39, 0.29) is 0 Å². The second-order valence-corrected chi connectivity index (χ2v) is 4.27. The molecule has 0 amide bonds. The van der Waals surface area contributed by atoms with E-state index in [4.69, 9.17) is 0 Å². The summed E-state index contributed by atoms with van der Waals surface area (Å²) in [5.74, 6) is 0. The zero-order valence-corrected chi connectivity index (χ0v) is 10.7. The number of hydrogen-bond acceptors (Lipinski definition) is 1. The van der Waals surface area contributed by atoms with Crippen molar-refractivity contribution in [2.45, 2.75) is 53.4 Å². The van der Waals surface area contributed by atoms with E-state index in [0.717, 1.165) is 12.1 Å². The van der Waals surface area contributed by atoms with E-state index in [1.807, 2.05) is 13.1 Å². The highest BCUT2D eigenvalue weighted by Crippen LogP contribution is 2.09. The minimum Gasteiger partial charge on any atom is -0.366 e. The maximum Gasteiger partial charge on any atom is 0.00420 e. The smallest absolute Gasteiger partial charge is 0.00420 e. The number of unbranched alkanes of at least 4 members (excludes halogenated alkanes) is 1. The minimum atomic E-state index is 0.987. The highest BCUT2D eigenvalue weighted by Gasteiger charge is 1.90. The average Bonchev–Trinajstić information content (AvgIpc) is 2.20. The van der Waals surface area contributed by atoms with Crippen LogP contribution in [0.15, 0.2) is 35.7 Å². The first-order valence-electron chi connectivity index (χ1n) is 5.79. The molecule has 15 heavy (non-hydrogen) atoms. The van der Waals surface area contributed by atoms with Gasteiger partial charge in [0.15, 0.2) is 0 Å². The van der Waals surface area contributed by atoms with Crippen molar-refractivity contribution in [3.63, 3.8) is 0 Å². The quantitative estimate of drug-likeness (QED) is 0.604. The lowest BCUT2D eigenvalue weighted by atomic mass is 10.1. The summed E-state index contributed by atoms with van der Waals surface area (Å²) in [6.07, 6.45) is 9.20. The molecule has 0 atom stereocenters. The maximum absolute atomic E-state index is 3.79. The molecule has 86 valence electrons. The van der Waals surface area contributed by atoms with Crippen molar-refractivity contribution < 1.29 is 0 Å². The first-order valence-corrected chi connectivity index (χ1v) is 5.79.